The number of anilines is 2. The van der Waals surface area contributed by atoms with Crippen LogP contribution in [0.1, 0.15) is 25.3 Å². The highest BCUT2D eigenvalue weighted by molar-refractivity contribution is 5.74. The van der Waals surface area contributed by atoms with Gasteiger partial charge in [-0.2, -0.15) is 0 Å². The topological polar surface area (TPSA) is 18.5 Å². The summed E-state index contributed by atoms with van der Waals surface area (Å²) in [4.78, 5) is 5.14. The van der Waals surface area contributed by atoms with Crippen molar-refractivity contribution in [3.05, 3.63) is 23.8 Å². The van der Waals surface area contributed by atoms with Gasteiger partial charge in [-0.1, -0.05) is 19.1 Å². The number of aryl methyl sites for hydroxylation is 1. The predicted octanol–water partition coefficient (Wildman–Crippen LogP) is 2.58. The molecule has 3 heteroatoms. The molecule has 0 amide bonds. The number of nitrogens with zero attached hydrogens (tertiary/aromatic N) is 2. The summed E-state index contributed by atoms with van der Waals surface area (Å²) in [6.45, 7) is 9.38. The van der Waals surface area contributed by atoms with Gasteiger partial charge in [0.15, 0.2) is 0 Å². The van der Waals surface area contributed by atoms with Crippen molar-refractivity contribution < 1.29 is 0 Å². The SMILES string of the molecule is CCCN1CCN(c2cccc3c2NCCC3)CC1. The van der Waals surface area contributed by atoms with Crippen LogP contribution in [0.25, 0.3) is 0 Å². The van der Waals surface area contributed by atoms with E-state index in [1.165, 1.54) is 55.8 Å². The largest absolute Gasteiger partial charge is 0.383 e. The minimum absolute atomic E-state index is 1.12. The van der Waals surface area contributed by atoms with Crippen LogP contribution in [-0.2, 0) is 6.42 Å². The summed E-state index contributed by atoms with van der Waals surface area (Å²) in [6.07, 6.45) is 3.76. The molecule has 3 nitrogen and oxygen atoms in total. The lowest BCUT2D eigenvalue weighted by molar-refractivity contribution is 0.258. The molecule has 2 heterocycles. The molecule has 0 unspecified atom stereocenters. The molecular formula is C16H25N3. The van der Waals surface area contributed by atoms with Gasteiger partial charge >= 0.3 is 0 Å². The Bertz CT molecular complexity index is 422. The average molecular weight is 259 g/mol. The third kappa shape index (κ3) is 2.71. The zero-order valence-corrected chi connectivity index (χ0v) is 12.0. The van der Waals surface area contributed by atoms with Crippen molar-refractivity contribution >= 4 is 11.4 Å². The molecule has 2 aliphatic rings. The van der Waals surface area contributed by atoms with Crippen LogP contribution >= 0.6 is 0 Å². The molecule has 19 heavy (non-hydrogen) atoms. The molecule has 0 radical (unpaired) electrons. The summed E-state index contributed by atoms with van der Waals surface area (Å²) in [5.41, 5.74) is 4.32. The summed E-state index contributed by atoms with van der Waals surface area (Å²) in [6, 6.07) is 6.78. The summed E-state index contributed by atoms with van der Waals surface area (Å²) in [7, 11) is 0. The van der Waals surface area contributed by atoms with E-state index in [0.29, 0.717) is 0 Å². The molecule has 1 N–H and O–H groups in total. The first-order valence-electron chi connectivity index (χ1n) is 7.71. The molecule has 0 bridgehead atoms. The van der Waals surface area contributed by atoms with Gasteiger partial charge in [0.1, 0.15) is 0 Å². The van der Waals surface area contributed by atoms with E-state index >= 15 is 0 Å². The van der Waals surface area contributed by atoms with Crippen LogP contribution in [0.4, 0.5) is 11.4 Å². The summed E-state index contributed by atoms with van der Waals surface area (Å²) >= 11 is 0. The number of fused-ring (bicyclic) bond motifs is 1. The smallest absolute Gasteiger partial charge is 0.0610 e. The lowest BCUT2D eigenvalue weighted by Gasteiger charge is -2.37. The first-order chi connectivity index (χ1) is 9.38. The van der Waals surface area contributed by atoms with Gasteiger partial charge in [-0.15, -0.1) is 0 Å². The Morgan fingerprint density at radius 1 is 1.16 bits per heavy atom. The molecule has 0 spiro atoms. The van der Waals surface area contributed by atoms with Crippen molar-refractivity contribution in [2.24, 2.45) is 0 Å². The lowest BCUT2D eigenvalue weighted by Crippen LogP contribution is -2.46. The van der Waals surface area contributed by atoms with Gasteiger partial charge in [-0.25, -0.2) is 0 Å². The number of nitrogens with one attached hydrogen (secondary N) is 1. The van der Waals surface area contributed by atoms with Gasteiger partial charge in [0.25, 0.3) is 0 Å². The maximum atomic E-state index is 3.61. The van der Waals surface area contributed by atoms with E-state index in [0.717, 1.165) is 19.6 Å². The third-order valence-electron chi connectivity index (χ3n) is 4.31. The monoisotopic (exact) mass is 259 g/mol. The van der Waals surface area contributed by atoms with Crippen LogP contribution in [0.3, 0.4) is 0 Å². The Hall–Kier alpha value is -1.22. The van der Waals surface area contributed by atoms with Crippen molar-refractivity contribution in [3.8, 4) is 0 Å². The van der Waals surface area contributed by atoms with E-state index in [1.54, 1.807) is 0 Å². The van der Waals surface area contributed by atoms with Gasteiger partial charge in [0, 0.05) is 32.7 Å². The minimum atomic E-state index is 1.12. The molecule has 0 aliphatic carbocycles. The summed E-state index contributed by atoms with van der Waals surface area (Å²) in [5, 5.41) is 3.61. The second-order valence-electron chi connectivity index (χ2n) is 5.67. The number of para-hydroxylation sites is 1. The van der Waals surface area contributed by atoms with E-state index in [4.69, 9.17) is 0 Å². The zero-order chi connectivity index (χ0) is 13.1. The van der Waals surface area contributed by atoms with E-state index < -0.39 is 0 Å². The molecule has 1 saturated heterocycles. The quantitative estimate of drug-likeness (QED) is 0.900. The average Bonchev–Trinajstić information content (AvgIpc) is 2.48. The molecule has 1 fully saturated rings. The highest BCUT2D eigenvalue weighted by atomic mass is 15.3. The van der Waals surface area contributed by atoms with Gasteiger partial charge in [-0.3, -0.25) is 4.90 Å². The number of hydrogen-bond donors (Lipinski definition) is 1. The summed E-state index contributed by atoms with van der Waals surface area (Å²) in [5.74, 6) is 0. The van der Waals surface area contributed by atoms with Gasteiger partial charge < -0.3 is 10.2 Å². The fraction of sp³-hybridized carbons (Fsp3) is 0.625. The molecule has 0 atom stereocenters. The third-order valence-corrected chi connectivity index (χ3v) is 4.31. The van der Waals surface area contributed by atoms with Crippen LogP contribution in [0.5, 0.6) is 0 Å². The van der Waals surface area contributed by atoms with Crippen molar-refractivity contribution in [1.29, 1.82) is 0 Å². The fourth-order valence-electron chi connectivity index (χ4n) is 3.28. The van der Waals surface area contributed by atoms with E-state index in [9.17, 15) is 0 Å². The van der Waals surface area contributed by atoms with Gasteiger partial charge in [0.05, 0.1) is 11.4 Å². The predicted molar refractivity (Wildman–Crippen MR) is 82.2 cm³/mol. The lowest BCUT2D eigenvalue weighted by atomic mass is 10.0. The highest BCUT2D eigenvalue weighted by Gasteiger charge is 2.20. The first-order valence-corrected chi connectivity index (χ1v) is 7.71. The maximum absolute atomic E-state index is 3.61. The van der Waals surface area contributed by atoms with Crippen LogP contribution in [-0.4, -0.2) is 44.2 Å². The fourth-order valence-corrected chi connectivity index (χ4v) is 3.28. The Morgan fingerprint density at radius 3 is 2.79 bits per heavy atom. The normalized spacial score (nSPS) is 19.9. The van der Waals surface area contributed by atoms with Crippen LogP contribution < -0.4 is 10.2 Å². The molecular weight excluding hydrogens is 234 g/mol. The Balaban J connectivity index is 1.73. The Morgan fingerprint density at radius 2 is 2.00 bits per heavy atom. The second-order valence-corrected chi connectivity index (χ2v) is 5.67. The number of hydrogen-bond acceptors (Lipinski definition) is 3. The molecule has 1 aromatic rings. The Labute approximate surface area is 116 Å². The molecule has 104 valence electrons. The highest BCUT2D eigenvalue weighted by Crippen LogP contribution is 2.33. The maximum Gasteiger partial charge on any atom is 0.0610 e. The minimum Gasteiger partial charge on any atom is -0.383 e. The van der Waals surface area contributed by atoms with Crippen LogP contribution in [0.15, 0.2) is 18.2 Å². The molecule has 1 aromatic carbocycles. The van der Waals surface area contributed by atoms with Crippen molar-refractivity contribution in [2.45, 2.75) is 26.2 Å². The molecule has 0 aromatic heterocycles. The Kier molecular flexibility index (Phi) is 3.92. The summed E-state index contributed by atoms with van der Waals surface area (Å²) < 4.78 is 0. The van der Waals surface area contributed by atoms with Crippen LogP contribution in [0, 0.1) is 0 Å². The zero-order valence-electron chi connectivity index (χ0n) is 12.0. The van der Waals surface area contributed by atoms with E-state index in [2.05, 4.69) is 40.2 Å². The van der Waals surface area contributed by atoms with Gasteiger partial charge in [-0.05, 0) is 37.4 Å². The molecule has 2 aliphatic heterocycles. The number of rotatable bonds is 3. The first kappa shape index (κ1) is 12.8. The van der Waals surface area contributed by atoms with Gasteiger partial charge in [0.2, 0.25) is 0 Å². The van der Waals surface area contributed by atoms with Crippen LogP contribution in [0.2, 0.25) is 0 Å². The molecule has 3 rings (SSSR count). The van der Waals surface area contributed by atoms with Crippen molar-refractivity contribution in [1.82, 2.24) is 4.90 Å². The number of piperazine rings is 1. The van der Waals surface area contributed by atoms with E-state index in [-0.39, 0.29) is 0 Å². The van der Waals surface area contributed by atoms with Crippen molar-refractivity contribution in [3.63, 3.8) is 0 Å². The van der Waals surface area contributed by atoms with E-state index in [1.807, 2.05) is 0 Å². The second kappa shape index (κ2) is 5.83. The van der Waals surface area contributed by atoms with Crippen molar-refractivity contribution in [2.75, 3.05) is 49.5 Å². The molecule has 0 saturated carbocycles. The number of benzene rings is 1. The standard InChI is InChI=1S/C16H25N3/c1-2-9-18-10-12-19(13-11-18)15-7-3-5-14-6-4-8-17-16(14)15/h3,5,7,17H,2,4,6,8-13H2,1H3.